The zero-order valence-corrected chi connectivity index (χ0v) is 13.3. The van der Waals surface area contributed by atoms with Gasteiger partial charge in [0.1, 0.15) is 22.8 Å². The number of nitrogens with one attached hydrogen (secondary N) is 1. The Morgan fingerprint density at radius 3 is 2.64 bits per heavy atom. The molecule has 0 aliphatic carbocycles. The Morgan fingerprint density at radius 2 is 1.95 bits per heavy atom. The van der Waals surface area contributed by atoms with Gasteiger partial charge in [0.25, 0.3) is 0 Å². The van der Waals surface area contributed by atoms with E-state index in [1.807, 2.05) is 31.2 Å². The van der Waals surface area contributed by atoms with Crippen LogP contribution < -0.4 is 10.2 Å². The average Bonchev–Trinajstić information content (AvgIpc) is 2.80. The molecule has 1 amide bonds. The first kappa shape index (κ1) is 14.8. The van der Waals surface area contributed by atoms with Gasteiger partial charge in [0.15, 0.2) is 0 Å². The number of carbonyl (C=O) groups is 1. The van der Waals surface area contributed by atoms with Gasteiger partial charge in [-0.1, -0.05) is 29.3 Å². The molecule has 0 radical (unpaired) electrons. The highest BCUT2D eigenvalue weighted by atomic mass is 35.5. The normalized spacial score (nSPS) is 17.9. The Kier molecular flexibility index (Phi) is 3.98. The van der Waals surface area contributed by atoms with Crippen molar-refractivity contribution in [1.82, 2.24) is 9.97 Å². The smallest absolute Gasteiger partial charge is 0.249 e. The topological polar surface area (TPSA) is 58.1 Å². The van der Waals surface area contributed by atoms with Crippen LogP contribution in [-0.2, 0) is 4.79 Å². The van der Waals surface area contributed by atoms with Gasteiger partial charge in [-0.3, -0.25) is 4.79 Å². The second kappa shape index (κ2) is 5.93. The summed E-state index contributed by atoms with van der Waals surface area (Å²) in [7, 11) is 0. The van der Waals surface area contributed by atoms with E-state index < -0.39 is 0 Å². The lowest BCUT2D eigenvalue weighted by Crippen LogP contribution is -2.33. The van der Waals surface area contributed by atoms with Crippen molar-refractivity contribution < 1.29 is 4.79 Å². The number of hydrogen-bond donors (Lipinski definition) is 1. The molecule has 2 heterocycles. The minimum absolute atomic E-state index is 0.0521. The molecular formula is C16H17ClN4O. The van der Waals surface area contributed by atoms with Crippen LogP contribution in [0.15, 0.2) is 30.3 Å². The molecule has 1 aromatic heterocycles. The molecule has 6 heteroatoms. The molecule has 0 bridgehead atoms. The number of rotatable bonds is 3. The fourth-order valence-corrected chi connectivity index (χ4v) is 2.80. The second-order valence-corrected chi connectivity index (χ2v) is 5.82. The van der Waals surface area contributed by atoms with E-state index in [9.17, 15) is 4.79 Å². The molecule has 1 aliphatic heterocycles. The van der Waals surface area contributed by atoms with Gasteiger partial charge in [-0.2, -0.15) is 0 Å². The summed E-state index contributed by atoms with van der Waals surface area (Å²) >= 11 is 5.92. The Labute approximate surface area is 134 Å². The number of anilines is 2. The summed E-state index contributed by atoms with van der Waals surface area (Å²) in [4.78, 5) is 22.6. The summed E-state index contributed by atoms with van der Waals surface area (Å²) in [6.07, 6.45) is 0.730. The highest BCUT2D eigenvalue weighted by Gasteiger charge is 2.32. The van der Waals surface area contributed by atoms with Crippen molar-refractivity contribution in [1.29, 1.82) is 0 Å². The summed E-state index contributed by atoms with van der Waals surface area (Å²) in [6.45, 7) is 4.49. The summed E-state index contributed by atoms with van der Waals surface area (Å²) < 4.78 is 0. The number of aryl methyl sites for hydroxylation is 2. The quantitative estimate of drug-likeness (QED) is 0.884. The zero-order chi connectivity index (χ0) is 15.7. The summed E-state index contributed by atoms with van der Waals surface area (Å²) in [5.74, 6) is 1.22. The minimum atomic E-state index is -0.285. The molecule has 1 aromatic carbocycles. The molecular weight excluding hydrogens is 300 g/mol. The molecule has 1 aliphatic rings. The van der Waals surface area contributed by atoms with E-state index in [0.717, 1.165) is 12.1 Å². The third-order valence-electron chi connectivity index (χ3n) is 3.68. The Balaban J connectivity index is 1.74. The van der Waals surface area contributed by atoms with E-state index in [2.05, 4.69) is 15.3 Å². The van der Waals surface area contributed by atoms with Crippen LogP contribution in [0.5, 0.6) is 0 Å². The third-order valence-corrected chi connectivity index (χ3v) is 3.87. The molecule has 22 heavy (non-hydrogen) atoms. The zero-order valence-electron chi connectivity index (χ0n) is 12.5. The average molecular weight is 317 g/mol. The van der Waals surface area contributed by atoms with Crippen LogP contribution in [0.2, 0.25) is 5.15 Å². The molecule has 1 saturated heterocycles. The first-order valence-corrected chi connectivity index (χ1v) is 7.56. The molecule has 1 N–H and O–H groups in total. The lowest BCUT2D eigenvalue weighted by molar-refractivity contribution is -0.117. The van der Waals surface area contributed by atoms with Gasteiger partial charge in [-0.15, -0.1) is 0 Å². The van der Waals surface area contributed by atoms with Crippen LogP contribution >= 0.6 is 11.6 Å². The number of amides is 1. The van der Waals surface area contributed by atoms with E-state index in [-0.39, 0.29) is 11.9 Å². The second-order valence-electron chi connectivity index (χ2n) is 5.43. The molecule has 0 spiro atoms. The van der Waals surface area contributed by atoms with Crippen molar-refractivity contribution in [2.24, 2.45) is 0 Å². The van der Waals surface area contributed by atoms with E-state index in [4.69, 9.17) is 11.6 Å². The fraction of sp³-hybridized carbons (Fsp3) is 0.312. The fourth-order valence-electron chi connectivity index (χ4n) is 2.58. The Hall–Kier alpha value is -2.14. The third kappa shape index (κ3) is 3.04. The number of aromatic nitrogens is 2. The van der Waals surface area contributed by atoms with Crippen LogP contribution in [0.4, 0.5) is 11.5 Å². The van der Waals surface area contributed by atoms with Gasteiger partial charge >= 0.3 is 0 Å². The van der Waals surface area contributed by atoms with Gasteiger partial charge in [0.2, 0.25) is 5.91 Å². The number of carbonyl (C=O) groups excluding carboxylic acids is 1. The van der Waals surface area contributed by atoms with E-state index in [1.165, 1.54) is 5.56 Å². The number of hydrogen-bond acceptors (Lipinski definition) is 4. The van der Waals surface area contributed by atoms with Crippen molar-refractivity contribution in [3.63, 3.8) is 0 Å². The molecule has 1 unspecified atom stereocenters. The van der Waals surface area contributed by atoms with Gasteiger partial charge in [0, 0.05) is 18.3 Å². The monoisotopic (exact) mass is 316 g/mol. The lowest BCUT2D eigenvalue weighted by Gasteiger charge is -2.17. The maximum atomic E-state index is 12.6. The van der Waals surface area contributed by atoms with Crippen molar-refractivity contribution >= 4 is 29.0 Å². The summed E-state index contributed by atoms with van der Waals surface area (Å²) in [6, 6.07) is 9.32. The van der Waals surface area contributed by atoms with Gasteiger partial charge < -0.3 is 10.2 Å². The molecule has 1 atom stereocenters. The Morgan fingerprint density at radius 1 is 1.23 bits per heavy atom. The molecule has 114 valence electrons. The number of halogens is 1. The maximum absolute atomic E-state index is 12.6. The predicted octanol–water partition coefficient (Wildman–Crippen LogP) is 2.96. The first-order chi connectivity index (χ1) is 10.5. The van der Waals surface area contributed by atoms with Crippen LogP contribution in [0.1, 0.15) is 17.8 Å². The highest BCUT2D eigenvalue weighted by molar-refractivity contribution is 6.29. The van der Waals surface area contributed by atoms with Crippen molar-refractivity contribution in [2.75, 3.05) is 16.8 Å². The molecule has 3 rings (SSSR count). The van der Waals surface area contributed by atoms with E-state index in [0.29, 0.717) is 23.3 Å². The summed E-state index contributed by atoms with van der Waals surface area (Å²) in [5, 5.41) is 3.53. The maximum Gasteiger partial charge on any atom is 0.249 e. The molecule has 2 aromatic rings. The molecule has 5 nitrogen and oxygen atoms in total. The molecule has 0 saturated carbocycles. The highest BCUT2D eigenvalue weighted by Crippen LogP contribution is 2.24. The molecule has 1 fully saturated rings. The summed E-state index contributed by atoms with van der Waals surface area (Å²) in [5.41, 5.74) is 2.10. The van der Waals surface area contributed by atoms with Crippen LogP contribution in [0.25, 0.3) is 0 Å². The largest absolute Gasteiger partial charge is 0.358 e. The van der Waals surface area contributed by atoms with Crippen LogP contribution in [0, 0.1) is 13.8 Å². The van der Waals surface area contributed by atoms with Crippen molar-refractivity contribution in [3.8, 4) is 0 Å². The van der Waals surface area contributed by atoms with Crippen molar-refractivity contribution in [3.05, 3.63) is 46.9 Å². The van der Waals surface area contributed by atoms with Gasteiger partial charge in [-0.05, 0) is 32.4 Å². The SMILES string of the molecule is Cc1ccc(N2CCC(Nc3cc(Cl)nc(C)n3)C2=O)cc1. The predicted molar refractivity (Wildman–Crippen MR) is 87.3 cm³/mol. The van der Waals surface area contributed by atoms with Gasteiger partial charge in [0.05, 0.1) is 0 Å². The van der Waals surface area contributed by atoms with E-state index in [1.54, 1.807) is 17.9 Å². The lowest BCUT2D eigenvalue weighted by atomic mass is 10.2. The van der Waals surface area contributed by atoms with Gasteiger partial charge in [-0.25, -0.2) is 9.97 Å². The standard InChI is InChI=1S/C16H17ClN4O/c1-10-3-5-12(6-4-10)21-8-7-13(16(21)22)20-15-9-14(17)18-11(2)19-15/h3-6,9,13H,7-8H2,1-2H3,(H,18,19,20). The Bertz CT molecular complexity index is 682. The number of benzene rings is 1. The van der Waals surface area contributed by atoms with Crippen molar-refractivity contribution in [2.45, 2.75) is 26.3 Å². The first-order valence-electron chi connectivity index (χ1n) is 7.19. The van der Waals surface area contributed by atoms with Crippen LogP contribution in [-0.4, -0.2) is 28.5 Å². The minimum Gasteiger partial charge on any atom is -0.358 e. The van der Waals surface area contributed by atoms with Crippen LogP contribution in [0.3, 0.4) is 0 Å². The van der Waals surface area contributed by atoms with E-state index >= 15 is 0 Å². The number of nitrogens with zero attached hydrogens (tertiary/aromatic N) is 3.